The van der Waals surface area contributed by atoms with E-state index in [0.29, 0.717) is 11.0 Å². The number of rotatable bonds is 4. The molecule has 0 unspecified atom stereocenters. The highest BCUT2D eigenvalue weighted by molar-refractivity contribution is 7.99. The smallest absolute Gasteiger partial charge is 0.255 e. The van der Waals surface area contributed by atoms with Gasteiger partial charge in [-0.2, -0.15) is 0 Å². The highest BCUT2D eigenvalue weighted by Crippen LogP contribution is 2.20. The van der Waals surface area contributed by atoms with Crippen molar-refractivity contribution in [1.82, 2.24) is 4.98 Å². The normalized spacial score (nSPS) is 10.6. The zero-order chi connectivity index (χ0) is 13.1. The molecule has 0 aliphatic rings. The summed E-state index contributed by atoms with van der Waals surface area (Å²) in [7, 11) is 0. The van der Waals surface area contributed by atoms with Gasteiger partial charge in [0.15, 0.2) is 5.78 Å². The van der Waals surface area contributed by atoms with Crippen LogP contribution in [0.5, 0.6) is 0 Å². The largest absolute Gasteiger partial charge is 0.440 e. The summed E-state index contributed by atoms with van der Waals surface area (Å²) in [5, 5.41) is 0.532. The number of carbonyl (C=O) groups excluding carboxylic acids is 1. The maximum Gasteiger partial charge on any atom is 0.255 e. The third-order valence-electron chi connectivity index (χ3n) is 2.88. The zero-order valence-corrected chi connectivity index (χ0v) is 11.5. The fraction of sp³-hybridized carbons (Fsp3) is 0.286. The van der Waals surface area contributed by atoms with Crippen LogP contribution in [0.25, 0.3) is 0 Å². The van der Waals surface area contributed by atoms with Gasteiger partial charge in [0.25, 0.3) is 5.22 Å². The Kier molecular flexibility index (Phi) is 3.87. The summed E-state index contributed by atoms with van der Waals surface area (Å²) in [4.78, 5) is 16.1. The molecule has 0 radical (unpaired) electrons. The molecule has 0 aliphatic heterocycles. The zero-order valence-electron chi connectivity index (χ0n) is 10.7. The molecule has 0 bridgehead atoms. The molecule has 1 heterocycles. The first-order chi connectivity index (χ1) is 8.58. The lowest BCUT2D eigenvalue weighted by atomic mass is 9.99. The minimum absolute atomic E-state index is 0.110. The van der Waals surface area contributed by atoms with E-state index in [1.807, 2.05) is 19.9 Å². The summed E-state index contributed by atoms with van der Waals surface area (Å²) in [6.45, 7) is 6.04. The van der Waals surface area contributed by atoms with E-state index in [-0.39, 0.29) is 5.78 Å². The Labute approximate surface area is 111 Å². The molecule has 4 heteroatoms. The van der Waals surface area contributed by atoms with Gasteiger partial charge >= 0.3 is 0 Å². The number of carbonyl (C=O) groups is 1. The van der Waals surface area contributed by atoms with Crippen LogP contribution in [0.1, 0.15) is 27.0 Å². The molecule has 0 saturated heterocycles. The average Bonchev–Trinajstić information content (AvgIpc) is 2.84. The van der Waals surface area contributed by atoms with Crippen LogP contribution in [-0.2, 0) is 0 Å². The maximum atomic E-state index is 12.1. The molecule has 0 amide bonds. The summed E-state index contributed by atoms with van der Waals surface area (Å²) in [6.07, 6.45) is 3.09. The van der Waals surface area contributed by atoms with Gasteiger partial charge in [-0.1, -0.05) is 17.8 Å². The Morgan fingerprint density at radius 3 is 2.61 bits per heavy atom. The SMILES string of the molecule is Cc1cc(C)c(C(=O)CSc2ncco2)cc1C. The van der Waals surface area contributed by atoms with Gasteiger partial charge in [-0.25, -0.2) is 4.98 Å². The fourth-order valence-electron chi connectivity index (χ4n) is 1.75. The van der Waals surface area contributed by atoms with Crippen LogP contribution >= 0.6 is 11.8 Å². The third kappa shape index (κ3) is 2.82. The minimum atomic E-state index is 0.110. The number of thioether (sulfide) groups is 1. The second kappa shape index (κ2) is 5.40. The molecule has 1 aromatic heterocycles. The van der Waals surface area contributed by atoms with Crippen LogP contribution < -0.4 is 0 Å². The Hall–Kier alpha value is -1.55. The number of oxazole rings is 1. The summed E-state index contributed by atoms with van der Waals surface area (Å²) in [5.41, 5.74) is 4.17. The molecule has 18 heavy (non-hydrogen) atoms. The molecular weight excluding hydrogens is 246 g/mol. The molecule has 0 atom stereocenters. The van der Waals surface area contributed by atoms with Crippen molar-refractivity contribution in [2.45, 2.75) is 26.0 Å². The van der Waals surface area contributed by atoms with E-state index in [9.17, 15) is 4.79 Å². The first-order valence-corrected chi connectivity index (χ1v) is 6.70. The number of nitrogens with zero attached hydrogens (tertiary/aromatic N) is 1. The average molecular weight is 261 g/mol. The fourth-order valence-corrected chi connectivity index (χ4v) is 2.42. The molecule has 0 N–H and O–H groups in total. The van der Waals surface area contributed by atoms with Crippen LogP contribution in [0.4, 0.5) is 0 Å². The van der Waals surface area contributed by atoms with Gasteiger partial charge < -0.3 is 4.42 Å². The summed E-state index contributed by atoms with van der Waals surface area (Å²) in [5.74, 6) is 0.461. The molecule has 0 saturated carbocycles. The van der Waals surface area contributed by atoms with Crippen molar-refractivity contribution in [2.75, 3.05) is 5.75 Å². The third-order valence-corrected chi connectivity index (χ3v) is 3.73. The van der Waals surface area contributed by atoms with Gasteiger partial charge in [-0.05, 0) is 43.5 Å². The molecule has 0 aliphatic carbocycles. The number of aryl methyl sites for hydroxylation is 3. The van der Waals surface area contributed by atoms with Crippen molar-refractivity contribution >= 4 is 17.5 Å². The Morgan fingerprint density at radius 2 is 1.94 bits per heavy atom. The topological polar surface area (TPSA) is 43.1 Å². The number of hydrogen-bond donors (Lipinski definition) is 0. The molecule has 2 rings (SSSR count). The maximum absolute atomic E-state index is 12.1. The van der Waals surface area contributed by atoms with E-state index in [0.717, 1.165) is 16.7 Å². The number of hydrogen-bond acceptors (Lipinski definition) is 4. The van der Waals surface area contributed by atoms with E-state index >= 15 is 0 Å². The quantitative estimate of drug-likeness (QED) is 0.623. The highest BCUT2D eigenvalue weighted by atomic mass is 32.2. The van der Waals surface area contributed by atoms with Crippen LogP contribution in [0.15, 0.2) is 34.2 Å². The standard InChI is InChI=1S/C14H15NO2S/c1-9-6-11(3)12(7-10(9)2)13(16)8-18-14-15-4-5-17-14/h4-7H,8H2,1-3H3. The van der Waals surface area contributed by atoms with Crippen LogP contribution in [-0.4, -0.2) is 16.5 Å². The van der Waals surface area contributed by atoms with Gasteiger partial charge in [0, 0.05) is 5.56 Å². The Morgan fingerprint density at radius 1 is 1.22 bits per heavy atom. The highest BCUT2D eigenvalue weighted by Gasteiger charge is 2.12. The first kappa shape index (κ1) is 12.9. The van der Waals surface area contributed by atoms with E-state index in [2.05, 4.69) is 18.0 Å². The van der Waals surface area contributed by atoms with E-state index in [1.165, 1.54) is 23.6 Å². The van der Waals surface area contributed by atoms with Gasteiger partial charge in [-0.3, -0.25) is 4.79 Å². The van der Waals surface area contributed by atoms with Gasteiger partial charge in [0.05, 0.1) is 11.9 Å². The van der Waals surface area contributed by atoms with Gasteiger partial charge in [0.1, 0.15) is 6.26 Å². The Bertz CT molecular complexity index is 561. The first-order valence-electron chi connectivity index (χ1n) is 5.71. The van der Waals surface area contributed by atoms with Crippen molar-refractivity contribution in [3.8, 4) is 0 Å². The number of Topliss-reactive ketones (excluding diaryl/α,β-unsaturated/α-hetero) is 1. The predicted molar refractivity (Wildman–Crippen MR) is 72.2 cm³/mol. The molecule has 1 aromatic carbocycles. The lowest BCUT2D eigenvalue weighted by Gasteiger charge is -2.08. The molecular formula is C14H15NO2S. The lowest BCUT2D eigenvalue weighted by molar-refractivity contribution is 0.102. The van der Waals surface area contributed by atoms with Crippen LogP contribution in [0, 0.1) is 20.8 Å². The van der Waals surface area contributed by atoms with Crippen molar-refractivity contribution in [3.05, 3.63) is 46.8 Å². The van der Waals surface area contributed by atoms with Crippen molar-refractivity contribution in [1.29, 1.82) is 0 Å². The molecule has 2 aromatic rings. The number of aromatic nitrogens is 1. The predicted octanol–water partition coefficient (Wildman–Crippen LogP) is 3.57. The number of benzene rings is 1. The molecule has 3 nitrogen and oxygen atoms in total. The van der Waals surface area contributed by atoms with Crippen molar-refractivity contribution < 1.29 is 9.21 Å². The van der Waals surface area contributed by atoms with E-state index in [1.54, 1.807) is 6.20 Å². The Balaban J connectivity index is 2.11. The summed E-state index contributed by atoms with van der Waals surface area (Å²) >= 11 is 1.32. The molecule has 94 valence electrons. The van der Waals surface area contributed by atoms with Crippen LogP contribution in [0.2, 0.25) is 0 Å². The molecule has 0 spiro atoms. The number of ketones is 1. The van der Waals surface area contributed by atoms with Crippen molar-refractivity contribution in [3.63, 3.8) is 0 Å². The summed E-state index contributed by atoms with van der Waals surface area (Å²) < 4.78 is 5.09. The minimum Gasteiger partial charge on any atom is -0.440 e. The van der Waals surface area contributed by atoms with Gasteiger partial charge in [-0.15, -0.1) is 0 Å². The van der Waals surface area contributed by atoms with E-state index in [4.69, 9.17) is 4.42 Å². The second-order valence-electron chi connectivity index (χ2n) is 4.26. The second-order valence-corrected chi connectivity index (χ2v) is 5.19. The van der Waals surface area contributed by atoms with E-state index < -0.39 is 0 Å². The monoisotopic (exact) mass is 261 g/mol. The van der Waals surface area contributed by atoms with Gasteiger partial charge in [0.2, 0.25) is 0 Å². The lowest BCUT2D eigenvalue weighted by Crippen LogP contribution is -2.06. The molecule has 0 fully saturated rings. The van der Waals surface area contributed by atoms with Crippen LogP contribution in [0.3, 0.4) is 0 Å². The summed E-state index contributed by atoms with van der Waals surface area (Å²) in [6, 6.07) is 4.02. The van der Waals surface area contributed by atoms with Crippen molar-refractivity contribution in [2.24, 2.45) is 0 Å².